The number of nitrogens with zero attached hydrogens (tertiary/aromatic N) is 3. The average Bonchev–Trinajstić information content (AvgIpc) is 3.19. The van der Waals surface area contributed by atoms with Crippen molar-refractivity contribution in [3.8, 4) is 16.9 Å². The van der Waals surface area contributed by atoms with Gasteiger partial charge in [-0.2, -0.15) is 0 Å². The number of anilines is 1. The molecular formula is C21H15FN4O. The molecule has 0 aliphatic rings. The van der Waals surface area contributed by atoms with Crippen LogP contribution in [0.4, 0.5) is 10.1 Å². The van der Waals surface area contributed by atoms with Crippen molar-refractivity contribution in [3.05, 3.63) is 96.4 Å². The molecule has 0 radical (unpaired) electrons. The van der Waals surface area contributed by atoms with Crippen molar-refractivity contribution in [2.24, 2.45) is 0 Å². The predicted molar refractivity (Wildman–Crippen MR) is 101 cm³/mol. The standard InChI is InChI=1S/C21H15FN4O/c22-17-10-6-15(7-11-17)20-14-23-25-26(20)19-12-8-16(9-13-19)21(27)24-18-4-2-1-3-5-18/h1-14H,(H,24,27). The lowest BCUT2D eigenvalue weighted by atomic mass is 10.1. The molecule has 1 heterocycles. The smallest absolute Gasteiger partial charge is 0.255 e. The van der Waals surface area contributed by atoms with Gasteiger partial charge in [0.25, 0.3) is 5.91 Å². The number of carbonyl (C=O) groups excluding carboxylic acids is 1. The summed E-state index contributed by atoms with van der Waals surface area (Å²) in [5, 5.41) is 10.9. The van der Waals surface area contributed by atoms with Crippen molar-refractivity contribution in [3.63, 3.8) is 0 Å². The molecule has 0 spiro atoms. The van der Waals surface area contributed by atoms with E-state index in [0.717, 1.165) is 22.6 Å². The van der Waals surface area contributed by atoms with Gasteiger partial charge in [0.15, 0.2) is 0 Å². The van der Waals surface area contributed by atoms with Gasteiger partial charge < -0.3 is 5.32 Å². The maximum Gasteiger partial charge on any atom is 0.255 e. The van der Waals surface area contributed by atoms with Gasteiger partial charge in [-0.15, -0.1) is 5.10 Å². The van der Waals surface area contributed by atoms with E-state index >= 15 is 0 Å². The first kappa shape index (κ1) is 16.7. The van der Waals surface area contributed by atoms with Gasteiger partial charge in [0.1, 0.15) is 5.82 Å². The van der Waals surface area contributed by atoms with Crippen LogP contribution < -0.4 is 5.32 Å². The first-order valence-electron chi connectivity index (χ1n) is 8.34. The number of benzene rings is 3. The number of hydrogen-bond acceptors (Lipinski definition) is 3. The van der Waals surface area contributed by atoms with Crippen LogP contribution in [0.15, 0.2) is 85.1 Å². The third-order valence-electron chi connectivity index (χ3n) is 4.09. The monoisotopic (exact) mass is 358 g/mol. The number of aromatic nitrogens is 3. The van der Waals surface area contributed by atoms with E-state index in [1.54, 1.807) is 47.3 Å². The molecule has 27 heavy (non-hydrogen) atoms. The van der Waals surface area contributed by atoms with E-state index < -0.39 is 0 Å². The van der Waals surface area contributed by atoms with Crippen LogP contribution in [-0.2, 0) is 0 Å². The lowest BCUT2D eigenvalue weighted by molar-refractivity contribution is 0.102. The fourth-order valence-electron chi connectivity index (χ4n) is 2.72. The lowest BCUT2D eigenvalue weighted by Gasteiger charge is -2.08. The van der Waals surface area contributed by atoms with Crippen molar-refractivity contribution in [1.29, 1.82) is 0 Å². The zero-order chi connectivity index (χ0) is 18.6. The highest BCUT2D eigenvalue weighted by Crippen LogP contribution is 2.22. The van der Waals surface area contributed by atoms with Crippen molar-refractivity contribution in [1.82, 2.24) is 15.0 Å². The Bertz CT molecular complexity index is 1060. The van der Waals surface area contributed by atoms with E-state index in [4.69, 9.17) is 0 Å². The molecule has 0 saturated carbocycles. The van der Waals surface area contributed by atoms with Crippen LogP contribution >= 0.6 is 0 Å². The highest BCUT2D eigenvalue weighted by atomic mass is 19.1. The van der Waals surface area contributed by atoms with Crippen LogP contribution in [0.3, 0.4) is 0 Å². The Balaban J connectivity index is 1.57. The fourth-order valence-corrected chi connectivity index (χ4v) is 2.72. The second kappa shape index (κ2) is 7.21. The average molecular weight is 358 g/mol. The first-order chi connectivity index (χ1) is 13.2. The van der Waals surface area contributed by atoms with E-state index in [2.05, 4.69) is 15.6 Å². The summed E-state index contributed by atoms with van der Waals surface area (Å²) in [6.07, 6.45) is 1.61. The molecule has 1 N–H and O–H groups in total. The number of amides is 1. The lowest BCUT2D eigenvalue weighted by Crippen LogP contribution is -2.11. The van der Waals surface area contributed by atoms with Crippen LogP contribution in [0.5, 0.6) is 0 Å². The molecule has 0 aliphatic heterocycles. The molecule has 6 heteroatoms. The van der Waals surface area contributed by atoms with Gasteiger partial charge in [-0.1, -0.05) is 23.4 Å². The van der Waals surface area contributed by atoms with Gasteiger partial charge in [-0.3, -0.25) is 4.79 Å². The second-order valence-corrected chi connectivity index (χ2v) is 5.90. The molecule has 5 nitrogen and oxygen atoms in total. The van der Waals surface area contributed by atoms with Crippen LogP contribution in [0.1, 0.15) is 10.4 Å². The maximum absolute atomic E-state index is 13.2. The third kappa shape index (κ3) is 3.59. The molecule has 1 aromatic heterocycles. The predicted octanol–water partition coefficient (Wildman–Crippen LogP) is 4.33. The van der Waals surface area contributed by atoms with Gasteiger partial charge in [0.2, 0.25) is 0 Å². The summed E-state index contributed by atoms with van der Waals surface area (Å²) in [6.45, 7) is 0. The largest absolute Gasteiger partial charge is 0.322 e. The van der Waals surface area contributed by atoms with E-state index in [-0.39, 0.29) is 11.7 Å². The fraction of sp³-hybridized carbons (Fsp3) is 0. The molecule has 3 aromatic carbocycles. The minimum absolute atomic E-state index is 0.190. The number of hydrogen-bond donors (Lipinski definition) is 1. The summed E-state index contributed by atoms with van der Waals surface area (Å²) in [4.78, 5) is 12.4. The van der Waals surface area contributed by atoms with E-state index in [9.17, 15) is 9.18 Å². The van der Waals surface area contributed by atoms with Gasteiger partial charge in [-0.05, 0) is 60.7 Å². The van der Waals surface area contributed by atoms with Crippen LogP contribution in [0.2, 0.25) is 0 Å². The van der Waals surface area contributed by atoms with Crippen molar-refractivity contribution >= 4 is 11.6 Å². The molecule has 1 amide bonds. The molecule has 0 fully saturated rings. The number of carbonyl (C=O) groups is 1. The molecule has 0 unspecified atom stereocenters. The summed E-state index contributed by atoms with van der Waals surface area (Å²) in [7, 11) is 0. The SMILES string of the molecule is O=C(Nc1ccccc1)c1ccc(-n2nncc2-c2ccc(F)cc2)cc1. The normalized spacial score (nSPS) is 10.6. The van der Waals surface area contributed by atoms with E-state index in [1.807, 2.05) is 30.3 Å². The Kier molecular flexibility index (Phi) is 4.45. The van der Waals surface area contributed by atoms with Gasteiger partial charge in [-0.25, -0.2) is 9.07 Å². The Hall–Kier alpha value is -3.80. The quantitative estimate of drug-likeness (QED) is 0.591. The van der Waals surface area contributed by atoms with Crippen molar-refractivity contribution in [2.45, 2.75) is 0 Å². The third-order valence-corrected chi connectivity index (χ3v) is 4.09. The summed E-state index contributed by atoms with van der Waals surface area (Å²) >= 11 is 0. The van der Waals surface area contributed by atoms with Crippen molar-refractivity contribution < 1.29 is 9.18 Å². The molecule has 0 aliphatic carbocycles. The van der Waals surface area contributed by atoms with Gasteiger partial charge in [0, 0.05) is 16.8 Å². The van der Waals surface area contributed by atoms with Crippen LogP contribution in [0.25, 0.3) is 16.9 Å². The molecule has 0 saturated heterocycles. The molecule has 0 atom stereocenters. The summed E-state index contributed by atoms with van der Waals surface area (Å²) in [5.41, 5.74) is 3.55. The Labute approximate surface area is 155 Å². The van der Waals surface area contributed by atoms with E-state index in [1.165, 1.54) is 12.1 Å². The molecule has 132 valence electrons. The van der Waals surface area contributed by atoms with Gasteiger partial charge in [0.05, 0.1) is 17.6 Å². The molecule has 4 rings (SSSR count). The highest BCUT2D eigenvalue weighted by molar-refractivity contribution is 6.04. The van der Waals surface area contributed by atoms with Crippen LogP contribution in [0, 0.1) is 5.82 Å². The Morgan fingerprint density at radius 1 is 0.889 bits per heavy atom. The Morgan fingerprint density at radius 2 is 1.59 bits per heavy atom. The zero-order valence-electron chi connectivity index (χ0n) is 14.2. The number of rotatable bonds is 4. The summed E-state index contributed by atoms with van der Waals surface area (Å²) in [5.74, 6) is -0.489. The topological polar surface area (TPSA) is 59.8 Å². The molecule has 0 bridgehead atoms. The molecular weight excluding hydrogens is 343 g/mol. The summed E-state index contributed by atoms with van der Waals surface area (Å²) in [6, 6.07) is 22.4. The number of halogens is 1. The molecule has 4 aromatic rings. The minimum atomic E-state index is -0.299. The zero-order valence-corrected chi connectivity index (χ0v) is 14.2. The Morgan fingerprint density at radius 3 is 2.30 bits per heavy atom. The van der Waals surface area contributed by atoms with Crippen LogP contribution in [-0.4, -0.2) is 20.9 Å². The number of para-hydroxylation sites is 1. The summed E-state index contributed by atoms with van der Waals surface area (Å²) < 4.78 is 14.8. The minimum Gasteiger partial charge on any atom is -0.322 e. The second-order valence-electron chi connectivity index (χ2n) is 5.90. The van der Waals surface area contributed by atoms with Gasteiger partial charge >= 0.3 is 0 Å². The number of nitrogens with one attached hydrogen (secondary N) is 1. The maximum atomic E-state index is 13.2. The van der Waals surface area contributed by atoms with E-state index in [0.29, 0.717) is 5.56 Å². The van der Waals surface area contributed by atoms with Crippen molar-refractivity contribution in [2.75, 3.05) is 5.32 Å². The first-order valence-corrected chi connectivity index (χ1v) is 8.34. The highest BCUT2D eigenvalue weighted by Gasteiger charge is 2.11.